The van der Waals surface area contributed by atoms with Crippen LogP contribution in [-0.2, 0) is 0 Å². The molecule has 124 valence electrons. The van der Waals surface area contributed by atoms with Crippen LogP contribution >= 0.6 is 0 Å². The standard InChI is InChI=1S/C7H16N2.C6H13N.2C2H6/c1-5-3-7(8)4-6(2)9-5;1-6-2-4-7-5-3-6;2*1-2/h5-7,9H,3-4,8H2,1-2H3;6-7H,2-5H2,1H3;2*1-2H3. The number of nitrogens with two attached hydrogens (primary N) is 1. The second kappa shape index (κ2) is 15.3. The average Bonchev–Trinajstić information content (AvgIpc) is 2.43. The molecule has 0 aromatic rings. The predicted octanol–water partition coefficient (Wildman–Crippen LogP) is 3.53. The van der Waals surface area contributed by atoms with E-state index in [-0.39, 0.29) is 0 Å². The summed E-state index contributed by atoms with van der Waals surface area (Å²) in [5.74, 6) is 0.973. The van der Waals surface area contributed by atoms with E-state index in [0.717, 1.165) is 18.8 Å². The molecule has 0 amide bonds. The quantitative estimate of drug-likeness (QED) is 0.639. The average molecular weight is 288 g/mol. The molecule has 3 heteroatoms. The summed E-state index contributed by atoms with van der Waals surface area (Å²) in [6, 6.07) is 1.66. The van der Waals surface area contributed by atoms with Crippen molar-refractivity contribution in [1.82, 2.24) is 10.6 Å². The second-order valence-corrected chi connectivity index (χ2v) is 5.63. The van der Waals surface area contributed by atoms with E-state index in [0.29, 0.717) is 18.1 Å². The molecule has 3 nitrogen and oxygen atoms in total. The van der Waals surface area contributed by atoms with Crippen LogP contribution in [0.1, 0.15) is 74.1 Å². The minimum absolute atomic E-state index is 0.427. The maximum Gasteiger partial charge on any atom is 0.00682 e. The van der Waals surface area contributed by atoms with E-state index < -0.39 is 0 Å². The topological polar surface area (TPSA) is 50.1 Å². The van der Waals surface area contributed by atoms with Gasteiger partial charge in [0.05, 0.1) is 0 Å². The number of nitrogens with one attached hydrogen (secondary N) is 2. The first-order valence-corrected chi connectivity index (χ1v) is 8.80. The van der Waals surface area contributed by atoms with Gasteiger partial charge in [0, 0.05) is 18.1 Å². The van der Waals surface area contributed by atoms with Gasteiger partial charge >= 0.3 is 0 Å². The Balaban J connectivity index is 0. The van der Waals surface area contributed by atoms with E-state index in [1.54, 1.807) is 0 Å². The maximum absolute atomic E-state index is 5.78. The van der Waals surface area contributed by atoms with E-state index in [2.05, 4.69) is 31.4 Å². The zero-order chi connectivity index (χ0) is 16.0. The van der Waals surface area contributed by atoms with Crippen molar-refractivity contribution in [3.8, 4) is 0 Å². The Morgan fingerprint density at radius 3 is 1.45 bits per heavy atom. The highest BCUT2D eigenvalue weighted by Gasteiger charge is 2.19. The molecule has 2 aliphatic heterocycles. The third-order valence-corrected chi connectivity index (χ3v) is 3.51. The molecule has 0 aliphatic carbocycles. The van der Waals surface area contributed by atoms with E-state index in [1.807, 2.05) is 27.7 Å². The molecule has 0 spiro atoms. The van der Waals surface area contributed by atoms with Crippen LogP contribution in [0.5, 0.6) is 0 Å². The van der Waals surface area contributed by atoms with Gasteiger partial charge < -0.3 is 16.4 Å². The van der Waals surface area contributed by atoms with Gasteiger partial charge in [0.1, 0.15) is 0 Å². The van der Waals surface area contributed by atoms with Gasteiger partial charge in [0.2, 0.25) is 0 Å². The summed E-state index contributed by atoms with van der Waals surface area (Å²) in [4.78, 5) is 0. The minimum atomic E-state index is 0.427. The van der Waals surface area contributed by atoms with Crippen LogP contribution in [0.25, 0.3) is 0 Å². The zero-order valence-electron chi connectivity index (χ0n) is 15.1. The number of hydrogen-bond donors (Lipinski definition) is 3. The van der Waals surface area contributed by atoms with E-state index in [9.17, 15) is 0 Å². The first-order valence-electron chi connectivity index (χ1n) is 8.80. The van der Waals surface area contributed by atoms with Crippen LogP contribution < -0.4 is 16.4 Å². The first kappa shape index (κ1) is 22.2. The van der Waals surface area contributed by atoms with Crippen molar-refractivity contribution in [2.75, 3.05) is 13.1 Å². The summed E-state index contributed by atoms with van der Waals surface area (Å²) >= 11 is 0. The molecule has 2 saturated heterocycles. The van der Waals surface area contributed by atoms with Crippen LogP contribution in [0.15, 0.2) is 0 Å². The first-order chi connectivity index (χ1) is 9.58. The Morgan fingerprint density at radius 2 is 1.20 bits per heavy atom. The largest absolute Gasteiger partial charge is 0.328 e. The highest BCUT2D eigenvalue weighted by molar-refractivity contribution is 4.82. The fourth-order valence-electron chi connectivity index (χ4n) is 2.59. The molecular formula is C17H41N3. The van der Waals surface area contributed by atoms with Gasteiger partial charge in [-0.25, -0.2) is 0 Å². The van der Waals surface area contributed by atoms with Crippen LogP contribution in [0.3, 0.4) is 0 Å². The molecule has 0 radical (unpaired) electrons. The van der Waals surface area contributed by atoms with Gasteiger partial charge in [-0.2, -0.15) is 0 Å². The van der Waals surface area contributed by atoms with Crippen LogP contribution in [0.2, 0.25) is 0 Å². The lowest BCUT2D eigenvalue weighted by molar-refractivity contribution is 0.317. The predicted molar refractivity (Wildman–Crippen MR) is 93.2 cm³/mol. The Kier molecular flexibility index (Phi) is 16.9. The lowest BCUT2D eigenvalue weighted by atomic mass is 9.96. The fourth-order valence-corrected chi connectivity index (χ4v) is 2.59. The maximum atomic E-state index is 5.78. The lowest BCUT2D eigenvalue weighted by Crippen LogP contribution is -2.47. The number of rotatable bonds is 0. The van der Waals surface area contributed by atoms with Gasteiger partial charge in [-0.05, 0) is 58.5 Å². The summed E-state index contributed by atoms with van der Waals surface area (Å²) in [6.45, 7) is 17.2. The molecule has 2 aliphatic rings. The molecule has 2 fully saturated rings. The van der Waals surface area contributed by atoms with Crippen molar-refractivity contribution in [2.45, 2.75) is 92.3 Å². The molecule has 0 saturated carbocycles. The minimum Gasteiger partial charge on any atom is -0.328 e. The molecule has 2 rings (SSSR count). The third kappa shape index (κ3) is 12.9. The molecule has 2 atom stereocenters. The SMILES string of the molecule is CC.CC.CC1CC(N)CC(C)N1.CC1CCNCC1. The summed E-state index contributed by atoms with van der Waals surface area (Å²) in [7, 11) is 0. The van der Waals surface area contributed by atoms with Gasteiger partial charge in [0.15, 0.2) is 0 Å². The fraction of sp³-hybridized carbons (Fsp3) is 1.00. The van der Waals surface area contributed by atoms with Crippen LogP contribution in [0.4, 0.5) is 0 Å². The van der Waals surface area contributed by atoms with Gasteiger partial charge in [-0.1, -0.05) is 34.6 Å². The summed E-state index contributed by atoms with van der Waals surface area (Å²) in [5.41, 5.74) is 5.78. The number of hydrogen-bond acceptors (Lipinski definition) is 3. The monoisotopic (exact) mass is 287 g/mol. The smallest absolute Gasteiger partial charge is 0.00682 e. The summed E-state index contributed by atoms with van der Waals surface area (Å²) in [6.07, 6.45) is 5.01. The molecular weight excluding hydrogens is 246 g/mol. The number of piperidine rings is 2. The molecule has 2 heterocycles. The normalized spacial score (nSPS) is 29.7. The summed E-state index contributed by atoms with van der Waals surface area (Å²) < 4.78 is 0. The van der Waals surface area contributed by atoms with Crippen LogP contribution in [-0.4, -0.2) is 31.2 Å². The van der Waals surface area contributed by atoms with E-state index in [1.165, 1.54) is 25.9 Å². The third-order valence-electron chi connectivity index (χ3n) is 3.51. The second-order valence-electron chi connectivity index (χ2n) is 5.63. The Labute approximate surface area is 128 Å². The molecule has 2 unspecified atom stereocenters. The van der Waals surface area contributed by atoms with Crippen molar-refractivity contribution >= 4 is 0 Å². The molecule has 0 bridgehead atoms. The van der Waals surface area contributed by atoms with Gasteiger partial charge in [0.25, 0.3) is 0 Å². The molecule has 0 aromatic carbocycles. The molecule has 4 N–H and O–H groups in total. The van der Waals surface area contributed by atoms with Crippen LogP contribution in [0, 0.1) is 5.92 Å². The van der Waals surface area contributed by atoms with Gasteiger partial charge in [-0.3, -0.25) is 0 Å². The Hall–Kier alpha value is -0.120. The Bertz CT molecular complexity index is 154. The van der Waals surface area contributed by atoms with E-state index >= 15 is 0 Å². The highest BCUT2D eigenvalue weighted by atomic mass is 15.0. The van der Waals surface area contributed by atoms with Crippen molar-refractivity contribution in [3.05, 3.63) is 0 Å². The lowest BCUT2D eigenvalue weighted by Gasteiger charge is -2.30. The van der Waals surface area contributed by atoms with E-state index in [4.69, 9.17) is 5.73 Å². The van der Waals surface area contributed by atoms with Crippen molar-refractivity contribution in [1.29, 1.82) is 0 Å². The summed E-state index contributed by atoms with van der Waals surface area (Å²) in [5, 5.41) is 6.74. The Morgan fingerprint density at radius 1 is 0.800 bits per heavy atom. The highest BCUT2D eigenvalue weighted by Crippen LogP contribution is 2.10. The molecule has 20 heavy (non-hydrogen) atoms. The van der Waals surface area contributed by atoms with Crippen molar-refractivity contribution in [3.63, 3.8) is 0 Å². The molecule has 0 aromatic heterocycles. The van der Waals surface area contributed by atoms with Crippen molar-refractivity contribution in [2.24, 2.45) is 11.7 Å². The van der Waals surface area contributed by atoms with Crippen molar-refractivity contribution < 1.29 is 0 Å². The zero-order valence-corrected chi connectivity index (χ0v) is 15.1. The van der Waals surface area contributed by atoms with Gasteiger partial charge in [-0.15, -0.1) is 0 Å².